The van der Waals surface area contributed by atoms with Crippen LogP contribution in [0.2, 0.25) is 0 Å². The van der Waals surface area contributed by atoms with Crippen molar-refractivity contribution in [2.75, 3.05) is 0 Å². The van der Waals surface area contributed by atoms with Gasteiger partial charge in [-0.25, -0.2) is 22.5 Å². The normalized spacial score (nSPS) is 11.7. The van der Waals surface area contributed by atoms with Crippen LogP contribution in [0, 0.1) is 5.82 Å². The molecular formula is C10H11FN4O3S. The molecule has 0 aliphatic rings. The van der Waals surface area contributed by atoms with Crippen LogP contribution in [0.3, 0.4) is 0 Å². The molecule has 7 nitrogen and oxygen atoms in total. The summed E-state index contributed by atoms with van der Waals surface area (Å²) in [5.41, 5.74) is 0.307. The van der Waals surface area contributed by atoms with Crippen LogP contribution in [0.5, 0.6) is 0 Å². The van der Waals surface area contributed by atoms with E-state index in [1.54, 1.807) is 0 Å². The maximum Gasteiger partial charge on any atom is 0.243 e. The van der Waals surface area contributed by atoms with Crippen molar-refractivity contribution < 1.29 is 17.9 Å². The van der Waals surface area contributed by atoms with Crippen molar-refractivity contribution >= 4 is 10.0 Å². The van der Waals surface area contributed by atoms with Gasteiger partial charge < -0.3 is 5.11 Å². The van der Waals surface area contributed by atoms with Crippen LogP contribution >= 0.6 is 0 Å². The third kappa shape index (κ3) is 3.13. The van der Waals surface area contributed by atoms with Gasteiger partial charge in [0.2, 0.25) is 10.0 Å². The average Bonchev–Trinajstić information content (AvgIpc) is 2.90. The number of rotatable bonds is 5. The number of hydrogen-bond donors (Lipinski definition) is 3. The molecule has 1 aromatic carbocycles. The highest BCUT2D eigenvalue weighted by Gasteiger charge is 2.19. The predicted octanol–water partition coefficient (Wildman–Crippen LogP) is -0.0854. The average molecular weight is 286 g/mol. The maximum absolute atomic E-state index is 13.5. The Kier molecular flexibility index (Phi) is 3.88. The lowest BCUT2D eigenvalue weighted by atomic mass is 10.2. The van der Waals surface area contributed by atoms with Crippen molar-refractivity contribution in [1.82, 2.24) is 19.9 Å². The fourth-order valence-corrected chi connectivity index (χ4v) is 2.52. The first-order chi connectivity index (χ1) is 9.03. The van der Waals surface area contributed by atoms with E-state index in [0.29, 0.717) is 11.4 Å². The van der Waals surface area contributed by atoms with Crippen LogP contribution in [-0.4, -0.2) is 28.7 Å². The minimum absolute atomic E-state index is 0.134. The van der Waals surface area contributed by atoms with Crippen LogP contribution in [0.25, 0.3) is 0 Å². The van der Waals surface area contributed by atoms with Crippen LogP contribution in [0.1, 0.15) is 11.4 Å². The predicted molar refractivity (Wildman–Crippen MR) is 62.7 cm³/mol. The number of aliphatic hydroxyl groups excluding tert-OH is 1. The van der Waals surface area contributed by atoms with Crippen LogP contribution in [0.15, 0.2) is 29.4 Å². The van der Waals surface area contributed by atoms with E-state index in [2.05, 4.69) is 19.9 Å². The molecular weight excluding hydrogens is 275 g/mol. The minimum Gasteiger partial charge on any atom is -0.392 e. The van der Waals surface area contributed by atoms with Gasteiger partial charge in [0.05, 0.1) is 13.2 Å². The van der Waals surface area contributed by atoms with Gasteiger partial charge in [-0.05, 0) is 17.7 Å². The molecule has 19 heavy (non-hydrogen) atoms. The molecule has 1 aromatic heterocycles. The van der Waals surface area contributed by atoms with E-state index in [9.17, 15) is 12.8 Å². The van der Waals surface area contributed by atoms with Gasteiger partial charge >= 0.3 is 0 Å². The zero-order chi connectivity index (χ0) is 13.9. The lowest BCUT2D eigenvalue weighted by molar-refractivity contribution is 0.281. The van der Waals surface area contributed by atoms with Crippen molar-refractivity contribution in [3.05, 3.63) is 41.7 Å². The third-order valence-electron chi connectivity index (χ3n) is 2.36. The number of aromatic nitrogens is 3. The molecule has 102 valence electrons. The van der Waals surface area contributed by atoms with Gasteiger partial charge in [0.15, 0.2) is 0 Å². The van der Waals surface area contributed by atoms with Gasteiger partial charge in [-0.3, -0.25) is 5.10 Å². The summed E-state index contributed by atoms with van der Waals surface area (Å²) >= 11 is 0. The van der Waals surface area contributed by atoms with Gasteiger partial charge in [-0.1, -0.05) is 6.07 Å². The number of aliphatic hydroxyl groups is 1. The number of aromatic amines is 1. The monoisotopic (exact) mass is 286 g/mol. The first kappa shape index (κ1) is 13.6. The lowest BCUT2D eigenvalue weighted by Gasteiger charge is -2.07. The van der Waals surface area contributed by atoms with Crippen molar-refractivity contribution in [2.24, 2.45) is 0 Å². The smallest absolute Gasteiger partial charge is 0.243 e. The number of benzene rings is 1. The Labute approximate surface area is 108 Å². The van der Waals surface area contributed by atoms with Gasteiger partial charge in [0.1, 0.15) is 22.9 Å². The number of H-pyrrole nitrogens is 1. The number of nitrogens with one attached hydrogen (secondary N) is 2. The second-order valence-corrected chi connectivity index (χ2v) is 5.41. The number of sulfonamides is 1. The Morgan fingerprint density at radius 2 is 2.21 bits per heavy atom. The highest BCUT2D eigenvalue weighted by Crippen LogP contribution is 2.16. The zero-order valence-corrected chi connectivity index (χ0v) is 10.5. The third-order valence-corrected chi connectivity index (χ3v) is 3.78. The van der Waals surface area contributed by atoms with E-state index in [1.807, 2.05) is 0 Å². The van der Waals surface area contributed by atoms with Crippen LogP contribution in [0.4, 0.5) is 4.39 Å². The Morgan fingerprint density at radius 1 is 1.42 bits per heavy atom. The summed E-state index contributed by atoms with van der Waals surface area (Å²) in [4.78, 5) is 3.23. The summed E-state index contributed by atoms with van der Waals surface area (Å²) in [5.74, 6) is -0.579. The molecule has 0 atom stereocenters. The molecule has 2 rings (SSSR count). The lowest BCUT2D eigenvalue weighted by Crippen LogP contribution is -2.25. The molecule has 0 fully saturated rings. The van der Waals surface area contributed by atoms with Crippen molar-refractivity contribution in [2.45, 2.75) is 18.0 Å². The summed E-state index contributed by atoms with van der Waals surface area (Å²) in [7, 11) is -4.02. The second kappa shape index (κ2) is 5.43. The van der Waals surface area contributed by atoms with E-state index < -0.39 is 20.7 Å². The molecule has 2 aromatic rings. The molecule has 3 N–H and O–H groups in total. The molecule has 9 heteroatoms. The fourth-order valence-electron chi connectivity index (χ4n) is 1.41. The molecule has 1 heterocycles. The molecule has 0 bridgehead atoms. The van der Waals surface area contributed by atoms with Crippen molar-refractivity contribution in [3.8, 4) is 0 Å². The van der Waals surface area contributed by atoms with Gasteiger partial charge in [-0.15, -0.1) is 0 Å². The number of halogens is 1. The molecule has 0 amide bonds. The molecule has 0 saturated heterocycles. The van der Waals surface area contributed by atoms with Crippen molar-refractivity contribution in [3.63, 3.8) is 0 Å². The highest BCUT2D eigenvalue weighted by atomic mass is 32.2. The van der Waals surface area contributed by atoms with E-state index in [4.69, 9.17) is 5.11 Å². The van der Waals surface area contributed by atoms with E-state index in [-0.39, 0.29) is 13.2 Å². The SMILES string of the molecule is O=S(=O)(NCc1ncn[nH]1)c1cc(CO)ccc1F. The summed E-state index contributed by atoms with van der Waals surface area (Å²) in [5, 5.41) is 15.0. The summed E-state index contributed by atoms with van der Waals surface area (Å²) in [6, 6.07) is 3.39. The summed E-state index contributed by atoms with van der Waals surface area (Å²) < 4.78 is 39.6. The fraction of sp³-hybridized carbons (Fsp3) is 0.200. The standard InChI is InChI=1S/C10H11FN4O3S/c11-8-2-1-7(5-16)3-9(8)19(17,18)14-4-10-12-6-13-15-10/h1-3,6,14,16H,4-5H2,(H,12,13,15). The first-order valence-corrected chi connectivity index (χ1v) is 6.74. The molecule has 0 saturated carbocycles. The van der Waals surface area contributed by atoms with Crippen LogP contribution in [-0.2, 0) is 23.2 Å². The largest absolute Gasteiger partial charge is 0.392 e. The molecule has 0 radical (unpaired) electrons. The van der Waals surface area contributed by atoms with Gasteiger partial charge in [0, 0.05) is 0 Å². The number of nitrogens with zero attached hydrogens (tertiary/aromatic N) is 2. The molecule has 0 unspecified atom stereocenters. The van der Waals surface area contributed by atoms with Crippen molar-refractivity contribution in [1.29, 1.82) is 0 Å². The van der Waals surface area contributed by atoms with E-state index in [1.165, 1.54) is 12.4 Å². The van der Waals surface area contributed by atoms with Gasteiger partial charge in [-0.2, -0.15) is 5.10 Å². The van der Waals surface area contributed by atoms with Crippen LogP contribution < -0.4 is 4.72 Å². The van der Waals surface area contributed by atoms with E-state index in [0.717, 1.165) is 12.1 Å². The highest BCUT2D eigenvalue weighted by molar-refractivity contribution is 7.89. The Hall–Kier alpha value is -1.84. The Bertz CT molecular complexity index is 657. The Balaban J connectivity index is 2.23. The van der Waals surface area contributed by atoms with Gasteiger partial charge in [0.25, 0.3) is 0 Å². The minimum atomic E-state index is -4.02. The molecule has 0 aliphatic carbocycles. The number of hydrogen-bond acceptors (Lipinski definition) is 5. The quantitative estimate of drug-likeness (QED) is 0.712. The second-order valence-electron chi connectivity index (χ2n) is 3.68. The molecule has 0 aliphatic heterocycles. The maximum atomic E-state index is 13.5. The zero-order valence-electron chi connectivity index (χ0n) is 9.67. The summed E-state index contributed by atoms with van der Waals surface area (Å²) in [6.07, 6.45) is 1.23. The van der Waals surface area contributed by atoms with E-state index >= 15 is 0 Å². The first-order valence-electron chi connectivity index (χ1n) is 5.26. The summed E-state index contributed by atoms with van der Waals surface area (Å²) in [6.45, 7) is -0.504. The Morgan fingerprint density at radius 3 is 2.84 bits per heavy atom. The molecule has 0 spiro atoms. The topological polar surface area (TPSA) is 108 Å².